The fourth-order valence-electron chi connectivity index (χ4n) is 2.75. The number of carbonyl (C=O) groups excluding carboxylic acids is 1. The van der Waals surface area contributed by atoms with Crippen molar-refractivity contribution >= 4 is 29.1 Å². The van der Waals surface area contributed by atoms with Crippen molar-refractivity contribution in [2.75, 3.05) is 35.7 Å². The third-order valence-corrected chi connectivity index (χ3v) is 4.22. The second-order valence-electron chi connectivity index (χ2n) is 7.28. The zero-order valence-corrected chi connectivity index (χ0v) is 15.8. The number of nitrogens with one attached hydrogen (secondary N) is 2. The van der Waals surface area contributed by atoms with E-state index in [2.05, 4.69) is 15.5 Å². The van der Waals surface area contributed by atoms with Gasteiger partial charge in [0.15, 0.2) is 0 Å². The van der Waals surface area contributed by atoms with Crippen molar-refractivity contribution in [1.29, 1.82) is 0 Å². The Morgan fingerprint density at radius 2 is 2.16 bits per heavy atom. The zero-order chi connectivity index (χ0) is 18.4. The Hall–Kier alpha value is -1.66. The fraction of sp³-hybridized carbons (Fsp3) is 0.611. The van der Waals surface area contributed by atoms with Crippen LogP contribution in [-0.4, -0.2) is 54.5 Å². The molecule has 140 valence electrons. The van der Waals surface area contributed by atoms with Crippen molar-refractivity contribution in [2.24, 2.45) is 0 Å². The van der Waals surface area contributed by atoms with Gasteiger partial charge in [-0.1, -0.05) is 12.1 Å². The first-order valence-corrected chi connectivity index (χ1v) is 9.13. The van der Waals surface area contributed by atoms with E-state index in [1.54, 1.807) is 0 Å². The number of rotatable bonds is 6. The minimum atomic E-state index is -0.588. The van der Waals surface area contributed by atoms with Gasteiger partial charge in [-0.25, -0.2) is 4.79 Å². The summed E-state index contributed by atoms with van der Waals surface area (Å²) >= 11 is 5.65. The number of benzene rings is 1. The Morgan fingerprint density at radius 3 is 2.84 bits per heavy atom. The largest absolute Gasteiger partial charge is 0.444 e. The van der Waals surface area contributed by atoms with Crippen LogP contribution < -0.4 is 15.5 Å². The molecular weight excluding hydrogens is 342 g/mol. The first-order valence-electron chi connectivity index (χ1n) is 8.60. The molecule has 2 atom stereocenters. The van der Waals surface area contributed by atoms with Gasteiger partial charge in [0.2, 0.25) is 0 Å². The van der Waals surface area contributed by atoms with Gasteiger partial charge in [-0.05, 0) is 39.3 Å². The summed E-state index contributed by atoms with van der Waals surface area (Å²) in [6.45, 7) is 7.52. The lowest BCUT2D eigenvalue weighted by molar-refractivity contribution is 0.0509. The molecule has 0 bridgehead atoms. The van der Waals surface area contributed by atoms with Gasteiger partial charge in [0.05, 0.1) is 29.4 Å². The molecule has 3 N–H and O–H groups in total. The molecule has 2 rings (SSSR count). The lowest BCUT2D eigenvalue weighted by Crippen LogP contribution is -2.40. The number of alkyl carbamates (subject to hydrolysis) is 1. The van der Waals surface area contributed by atoms with E-state index in [1.165, 1.54) is 0 Å². The standard InChI is InChI=1S/C18H28ClN3O3/c1-18(2,3)25-17(24)21-13-8-9-22(12-13)16-7-5-4-6-15(16)20-11-14(23)10-19/h4-7,13-14,20,23H,8-12H2,1-3H3,(H,21,24). The van der Waals surface area contributed by atoms with Crippen LogP contribution >= 0.6 is 11.6 Å². The highest BCUT2D eigenvalue weighted by molar-refractivity contribution is 6.18. The van der Waals surface area contributed by atoms with E-state index in [4.69, 9.17) is 16.3 Å². The maximum absolute atomic E-state index is 11.9. The van der Waals surface area contributed by atoms with Crippen LogP contribution in [0.15, 0.2) is 24.3 Å². The maximum atomic E-state index is 11.9. The second-order valence-corrected chi connectivity index (χ2v) is 7.59. The number of amides is 1. The molecule has 25 heavy (non-hydrogen) atoms. The monoisotopic (exact) mass is 369 g/mol. The minimum Gasteiger partial charge on any atom is -0.444 e. The van der Waals surface area contributed by atoms with Crippen molar-refractivity contribution in [1.82, 2.24) is 5.32 Å². The number of nitrogens with zero attached hydrogens (tertiary/aromatic N) is 1. The SMILES string of the molecule is CC(C)(C)OC(=O)NC1CCN(c2ccccc2NCC(O)CCl)C1. The molecule has 1 aliphatic rings. The number of halogens is 1. The van der Waals surface area contributed by atoms with Crippen molar-refractivity contribution in [2.45, 2.75) is 44.9 Å². The molecule has 1 aliphatic heterocycles. The minimum absolute atomic E-state index is 0.0522. The number of hydrogen-bond acceptors (Lipinski definition) is 5. The molecular formula is C18H28ClN3O3. The molecule has 1 aromatic rings. The van der Waals surface area contributed by atoms with Crippen LogP contribution in [0, 0.1) is 0 Å². The normalized spacial score (nSPS) is 18.8. The van der Waals surface area contributed by atoms with E-state index >= 15 is 0 Å². The predicted molar refractivity (Wildman–Crippen MR) is 102 cm³/mol. The summed E-state index contributed by atoms with van der Waals surface area (Å²) in [6.07, 6.45) is -0.108. The van der Waals surface area contributed by atoms with Crippen molar-refractivity contribution in [3.63, 3.8) is 0 Å². The van der Waals surface area contributed by atoms with Crippen LogP contribution in [0.25, 0.3) is 0 Å². The summed E-state index contributed by atoms with van der Waals surface area (Å²) in [5, 5.41) is 15.8. The topological polar surface area (TPSA) is 73.8 Å². The lowest BCUT2D eigenvalue weighted by Gasteiger charge is -2.24. The van der Waals surface area contributed by atoms with Gasteiger partial charge >= 0.3 is 6.09 Å². The molecule has 1 saturated heterocycles. The first kappa shape index (κ1) is 19.7. The van der Waals surface area contributed by atoms with E-state index in [0.717, 1.165) is 30.9 Å². The Labute approximate surface area is 154 Å². The van der Waals surface area contributed by atoms with E-state index in [-0.39, 0.29) is 18.0 Å². The van der Waals surface area contributed by atoms with E-state index in [9.17, 15) is 9.90 Å². The van der Waals surface area contributed by atoms with Crippen LogP contribution in [0.5, 0.6) is 0 Å². The van der Waals surface area contributed by atoms with Gasteiger partial charge in [0.25, 0.3) is 0 Å². The zero-order valence-electron chi connectivity index (χ0n) is 15.1. The second kappa shape index (κ2) is 8.63. The summed E-state index contributed by atoms with van der Waals surface area (Å²) in [5.74, 6) is 0.195. The van der Waals surface area contributed by atoms with Gasteiger partial charge in [-0.2, -0.15) is 0 Å². The van der Waals surface area contributed by atoms with E-state index in [0.29, 0.717) is 6.54 Å². The van der Waals surface area contributed by atoms with Gasteiger partial charge in [-0.15, -0.1) is 11.6 Å². The molecule has 6 nitrogen and oxygen atoms in total. The fourth-order valence-corrected chi connectivity index (χ4v) is 2.86. The van der Waals surface area contributed by atoms with Crippen LogP contribution in [0.1, 0.15) is 27.2 Å². The highest BCUT2D eigenvalue weighted by Gasteiger charge is 2.27. The number of aliphatic hydroxyl groups excluding tert-OH is 1. The average Bonchev–Trinajstić information content (AvgIpc) is 2.99. The van der Waals surface area contributed by atoms with Gasteiger partial charge in [0.1, 0.15) is 5.60 Å². The molecule has 0 saturated carbocycles. The highest BCUT2D eigenvalue weighted by Crippen LogP contribution is 2.28. The Kier molecular flexibility index (Phi) is 6.79. The molecule has 1 aromatic carbocycles. The number of aliphatic hydroxyl groups is 1. The summed E-state index contributed by atoms with van der Waals surface area (Å²) < 4.78 is 5.32. The molecule has 0 aromatic heterocycles. The van der Waals surface area contributed by atoms with Crippen molar-refractivity contribution in [3.05, 3.63) is 24.3 Å². The molecule has 1 heterocycles. The molecule has 0 radical (unpaired) electrons. The highest BCUT2D eigenvalue weighted by atomic mass is 35.5. The van der Waals surface area contributed by atoms with Crippen LogP contribution in [-0.2, 0) is 4.74 Å². The molecule has 1 fully saturated rings. The van der Waals surface area contributed by atoms with Gasteiger partial charge < -0.3 is 25.4 Å². The third kappa shape index (κ3) is 6.29. The number of ether oxygens (including phenoxy) is 1. The summed E-state index contributed by atoms with van der Waals surface area (Å²) in [4.78, 5) is 14.2. The van der Waals surface area contributed by atoms with E-state index < -0.39 is 11.7 Å². The third-order valence-electron chi connectivity index (χ3n) is 3.86. The quantitative estimate of drug-likeness (QED) is 0.672. The van der Waals surface area contributed by atoms with Gasteiger partial charge in [0, 0.05) is 19.6 Å². The summed E-state index contributed by atoms with van der Waals surface area (Å²) in [5.41, 5.74) is 1.50. The van der Waals surface area contributed by atoms with Crippen molar-refractivity contribution < 1.29 is 14.6 Å². The van der Waals surface area contributed by atoms with Crippen LogP contribution in [0.2, 0.25) is 0 Å². The molecule has 1 amide bonds. The Bertz CT molecular complexity index is 577. The smallest absolute Gasteiger partial charge is 0.407 e. The molecule has 0 aliphatic carbocycles. The predicted octanol–water partition coefficient (Wildman–Crippen LogP) is 2.80. The lowest BCUT2D eigenvalue weighted by atomic mass is 10.2. The number of carbonyl (C=O) groups is 1. The van der Waals surface area contributed by atoms with Crippen LogP contribution in [0.4, 0.5) is 16.2 Å². The van der Waals surface area contributed by atoms with E-state index in [1.807, 2.05) is 45.0 Å². The average molecular weight is 370 g/mol. The van der Waals surface area contributed by atoms with Gasteiger partial charge in [-0.3, -0.25) is 0 Å². The number of alkyl halides is 1. The van der Waals surface area contributed by atoms with Crippen molar-refractivity contribution in [3.8, 4) is 0 Å². The summed E-state index contributed by atoms with van der Waals surface area (Å²) in [6, 6.07) is 7.99. The maximum Gasteiger partial charge on any atom is 0.407 e. The Morgan fingerprint density at radius 1 is 1.44 bits per heavy atom. The Balaban J connectivity index is 1.94. The molecule has 0 spiro atoms. The number of hydrogen-bond donors (Lipinski definition) is 3. The molecule has 7 heteroatoms. The first-order chi connectivity index (χ1) is 11.8. The number of para-hydroxylation sites is 2. The van der Waals surface area contributed by atoms with Crippen LogP contribution in [0.3, 0.4) is 0 Å². The molecule has 2 unspecified atom stereocenters. The number of anilines is 2. The summed E-state index contributed by atoms with van der Waals surface area (Å²) in [7, 11) is 0.